The van der Waals surface area contributed by atoms with Gasteiger partial charge in [-0.05, 0) is 30.8 Å². The summed E-state index contributed by atoms with van der Waals surface area (Å²) in [7, 11) is 1.98. The van der Waals surface area contributed by atoms with Crippen LogP contribution in [0.2, 0.25) is 0 Å². The molecule has 1 heterocycles. The molecule has 0 saturated carbocycles. The predicted molar refractivity (Wildman–Crippen MR) is 76.5 cm³/mol. The molecule has 1 aliphatic rings. The molecule has 1 aromatic carbocycles. The molecule has 6 heteroatoms. The Kier molecular flexibility index (Phi) is 4.70. The van der Waals surface area contributed by atoms with Gasteiger partial charge in [0.25, 0.3) is 5.91 Å². The summed E-state index contributed by atoms with van der Waals surface area (Å²) < 4.78 is 14.0. The predicted octanol–water partition coefficient (Wildman–Crippen LogP) is 1.31. The third-order valence-electron chi connectivity index (χ3n) is 3.43. The van der Waals surface area contributed by atoms with Gasteiger partial charge in [-0.2, -0.15) is 0 Å². The summed E-state index contributed by atoms with van der Waals surface area (Å²) in [4.78, 5) is 26.4. The average molecular weight is 292 g/mol. The highest BCUT2D eigenvalue weighted by Crippen LogP contribution is 2.15. The van der Waals surface area contributed by atoms with Gasteiger partial charge >= 0.3 is 5.97 Å². The molecule has 1 amide bonds. The van der Waals surface area contributed by atoms with Gasteiger partial charge in [0.1, 0.15) is 5.82 Å². The van der Waals surface area contributed by atoms with E-state index in [4.69, 9.17) is 5.11 Å². The smallest absolute Gasteiger partial charge is 0.328 e. The van der Waals surface area contributed by atoms with Crippen molar-refractivity contribution in [3.63, 3.8) is 0 Å². The van der Waals surface area contributed by atoms with E-state index in [0.29, 0.717) is 18.7 Å². The molecular formula is C15H17FN2O3. The van der Waals surface area contributed by atoms with Gasteiger partial charge in [0.15, 0.2) is 0 Å². The first-order valence-corrected chi connectivity index (χ1v) is 6.66. The zero-order valence-electron chi connectivity index (χ0n) is 11.8. The quantitative estimate of drug-likeness (QED) is 0.853. The zero-order valence-corrected chi connectivity index (χ0v) is 11.8. The maximum absolute atomic E-state index is 14.0. The number of halogens is 1. The minimum atomic E-state index is -1.10. The number of carbonyl (C=O) groups is 2. The highest BCUT2D eigenvalue weighted by Gasteiger charge is 2.22. The van der Waals surface area contributed by atoms with Crippen molar-refractivity contribution in [2.24, 2.45) is 0 Å². The highest BCUT2D eigenvalue weighted by atomic mass is 19.1. The summed E-state index contributed by atoms with van der Waals surface area (Å²) in [5, 5.41) is 8.53. The van der Waals surface area contributed by atoms with Crippen LogP contribution in [0.3, 0.4) is 0 Å². The minimum absolute atomic E-state index is 0.0204. The highest BCUT2D eigenvalue weighted by molar-refractivity contribution is 5.95. The number of hydrogen-bond donors (Lipinski definition) is 1. The molecule has 21 heavy (non-hydrogen) atoms. The normalized spacial score (nSPS) is 16.4. The third-order valence-corrected chi connectivity index (χ3v) is 3.43. The van der Waals surface area contributed by atoms with E-state index in [1.165, 1.54) is 24.3 Å². The molecule has 0 bridgehead atoms. The average Bonchev–Trinajstić information content (AvgIpc) is 2.45. The van der Waals surface area contributed by atoms with Crippen molar-refractivity contribution in [3.05, 3.63) is 41.2 Å². The van der Waals surface area contributed by atoms with Gasteiger partial charge in [0, 0.05) is 32.3 Å². The van der Waals surface area contributed by atoms with Crippen LogP contribution in [-0.4, -0.2) is 60.0 Å². The Bertz CT molecular complexity index is 578. The molecule has 5 nitrogen and oxygen atoms in total. The molecule has 1 aliphatic heterocycles. The van der Waals surface area contributed by atoms with E-state index in [1.807, 2.05) is 7.05 Å². The van der Waals surface area contributed by atoms with Crippen molar-refractivity contribution >= 4 is 18.0 Å². The summed E-state index contributed by atoms with van der Waals surface area (Å²) in [5.41, 5.74) is 0.428. The van der Waals surface area contributed by atoms with Crippen molar-refractivity contribution in [3.8, 4) is 0 Å². The molecule has 0 atom stereocenters. The minimum Gasteiger partial charge on any atom is -0.478 e. The van der Waals surface area contributed by atoms with Crippen LogP contribution >= 0.6 is 0 Å². The van der Waals surface area contributed by atoms with Crippen molar-refractivity contribution < 1.29 is 19.1 Å². The van der Waals surface area contributed by atoms with Gasteiger partial charge in [-0.3, -0.25) is 4.79 Å². The van der Waals surface area contributed by atoms with E-state index in [2.05, 4.69) is 4.90 Å². The fourth-order valence-corrected chi connectivity index (χ4v) is 2.16. The molecule has 0 radical (unpaired) electrons. The van der Waals surface area contributed by atoms with Crippen LogP contribution in [0.15, 0.2) is 24.3 Å². The Hall–Kier alpha value is -2.21. The van der Waals surface area contributed by atoms with Crippen LogP contribution in [-0.2, 0) is 4.79 Å². The lowest BCUT2D eigenvalue weighted by Crippen LogP contribution is -2.47. The van der Waals surface area contributed by atoms with Crippen molar-refractivity contribution in [1.29, 1.82) is 0 Å². The Balaban J connectivity index is 2.13. The van der Waals surface area contributed by atoms with Gasteiger partial charge in [-0.15, -0.1) is 0 Å². The Labute approximate surface area is 122 Å². The molecule has 1 saturated heterocycles. The number of rotatable bonds is 3. The topological polar surface area (TPSA) is 60.9 Å². The number of amides is 1. The van der Waals surface area contributed by atoms with E-state index in [1.54, 1.807) is 4.90 Å². The second kappa shape index (κ2) is 6.49. The second-order valence-corrected chi connectivity index (χ2v) is 5.01. The lowest BCUT2D eigenvalue weighted by atomic mass is 10.1. The van der Waals surface area contributed by atoms with E-state index < -0.39 is 11.8 Å². The van der Waals surface area contributed by atoms with Crippen molar-refractivity contribution in [2.75, 3.05) is 33.2 Å². The number of carboxylic acids is 1. The van der Waals surface area contributed by atoms with E-state index in [9.17, 15) is 14.0 Å². The zero-order chi connectivity index (χ0) is 15.4. The molecule has 1 fully saturated rings. The monoisotopic (exact) mass is 292 g/mol. The number of hydrogen-bond acceptors (Lipinski definition) is 3. The fourth-order valence-electron chi connectivity index (χ4n) is 2.16. The van der Waals surface area contributed by atoms with Gasteiger partial charge in [0.05, 0.1) is 5.56 Å². The molecule has 0 aromatic heterocycles. The summed E-state index contributed by atoms with van der Waals surface area (Å²) in [6.45, 7) is 2.70. The molecule has 1 aromatic rings. The van der Waals surface area contributed by atoms with Crippen LogP contribution < -0.4 is 0 Å². The molecule has 0 unspecified atom stereocenters. The number of benzene rings is 1. The maximum Gasteiger partial charge on any atom is 0.328 e. The van der Waals surface area contributed by atoms with Crippen LogP contribution in [0, 0.1) is 5.82 Å². The first kappa shape index (κ1) is 15.2. The number of aliphatic carboxylic acids is 1. The molecule has 112 valence electrons. The molecule has 0 spiro atoms. The van der Waals surface area contributed by atoms with E-state index >= 15 is 0 Å². The van der Waals surface area contributed by atoms with Gasteiger partial charge in [0.2, 0.25) is 0 Å². The Morgan fingerprint density at radius 3 is 2.48 bits per heavy atom. The maximum atomic E-state index is 14.0. The van der Waals surface area contributed by atoms with Crippen LogP contribution in [0.5, 0.6) is 0 Å². The van der Waals surface area contributed by atoms with Gasteiger partial charge in [-0.25, -0.2) is 9.18 Å². The molecule has 0 aliphatic carbocycles. The molecular weight excluding hydrogens is 275 g/mol. The third kappa shape index (κ3) is 3.88. The van der Waals surface area contributed by atoms with Gasteiger partial charge < -0.3 is 14.9 Å². The van der Waals surface area contributed by atoms with Crippen molar-refractivity contribution in [2.45, 2.75) is 0 Å². The summed E-state index contributed by atoms with van der Waals surface area (Å²) in [5.74, 6) is -2.06. The number of carboxylic acid groups (broad SMARTS) is 1. The number of piperazine rings is 1. The standard InChI is InChI=1S/C15H17FN2O3/c1-17-6-8-18(9-7-17)15(21)12-4-2-11(10-13(12)16)3-5-14(19)20/h2-5,10H,6-9H2,1H3,(H,19,20). The first-order chi connectivity index (χ1) is 9.97. The largest absolute Gasteiger partial charge is 0.478 e. The second-order valence-electron chi connectivity index (χ2n) is 5.01. The van der Waals surface area contributed by atoms with E-state index in [0.717, 1.165) is 19.2 Å². The van der Waals surface area contributed by atoms with Crippen molar-refractivity contribution in [1.82, 2.24) is 9.80 Å². The van der Waals surface area contributed by atoms with Crippen LogP contribution in [0.25, 0.3) is 6.08 Å². The summed E-state index contributed by atoms with van der Waals surface area (Å²) >= 11 is 0. The number of carbonyl (C=O) groups excluding carboxylic acids is 1. The lowest BCUT2D eigenvalue weighted by Gasteiger charge is -2.32. The molecule has 2 rings (SSSR count). The lowest BCUT2D eigenvalue weighted by molar-refractivity contribution is -0.131. The fraction of sp³-hybridized carbons (Fsp3) is 0.333. The SMILES string of the molecule is CN1CCN(C(=O)c2ccc(C=CC(=O)O)cc2F)CC1. The first-order valence-electron chi connectivity index (χ1n) is 6.66. The number of likely N-dealkylation sites (N-methyl/N-ethyl adjacent to an activating group) is 1. The Morgan fingerprint density at radius 1 is 1.24 bits per heavy atom. The van der Waals surface area contributed by atoms with Crippen LogP contribution in [0.4, 0.5) is 4.39 Å². The summed E-state index contributed by atoms with van der Waals surface area (Å²) in [6, 6.07) is 4.10. The number of nitrogens with zero attached hydrogens (tertiary/aromatic N) is 2. The molecule has 1 N–H and O–H groups in total. The Morgan fingerprint density at radius 2 is 1.90 bits per heavy atom. The van der Waals surface area contributed by atoms with Gasteiger partial charge in [-0.1, -0.05) is 6.07 Å². The van der Waals surface area contributed by atoms with Crippen LogP contribution in [0.1, 0.15) is 15.9 Å². The summed E-state index contributed by atoms with van der Waals surface area (Å²) in [6.07, 6.45) is 2.21. The van der Waals surface area contributed by atoms with E-state index in [-0.39, 0.29) is 11.5 Å².